The van der Waals surface area contributed by atoms with Gasteiger partial charge in [0, 0.05) is 18.6 Å². The van der Waals surface area contributed by atoms with Crippen LogP contribution in [0.5, 0.6) is 0 Å². The first-order valence-electron chi connectivity index (χ1n) is 16.8. The number of rotatable bonds is 28. The van der Waals surface area contributed by atoms with Gasteiger partial charge in [0.05, 0.1) is 0 Å². The molecule has 0 atom stereocenters. The maximum absolute atomic E-state index is 2.39. The Kier molecular flexibility index (Phi) is 25.1. The second-order valence-corrected chi connectivity index (χ2v) is 11.7. The van der Waals surface area contributed by atoms with Crippen LogP contribution in [0.4, 0.5) is 0 Å². The molecule has 0 spiro atoms. The number of pyridine rings is 1. The standard InChI is InChI=1S/C35H66N/c1-3-5-7-9-11-13-14-15-16-17-18-19-20-22-24-26-28-32-36-33-30-35(31-34-36)29-27-25-23-21-12-10-8-6-4-2/h30-31,33-34H,3-29,32H2,1-2H3/q+1. The lowest BCUT2D eigenvalue weighted by atomic mass is 10.0. The van der Waals surface area contributed by atoms with Gasteiger partial charge >= 0.3 is 0 Å². The van der Waals surface area contributed by atoms with Crippen molar-refractivity contribution < 1.29 is 4.57 Å². The fraction of sp³-hybridized carbons (Fsp3) is 0.857. The molecule has 1 rings (SSSR count). The van der Waals surface area contributed by atoms with E-state index in [1.54, 1.807) is 0 Å². The topological polar surface area (TPSA) is 3.88 Å². The number of nitrogens with zero attached hydrogens (tertiary/aromatic N) is 1. The maximum atomic E-state index is 2.39. The zero-order valence-corrected chi connectivity index (χ0v) is 25.1. The van der Waals surface area contributed by atoms with Crippen LogP contribution < -0.4 is 4.57 Å². The Bertz CT molecular complexity index is 534. The second-order valence-electron chi connectivity index (χ2n) is 11.7. The van der Waals surface area contributed by atoms with Gasteiger partial charge in [-0.1, -0.05) is 162 Å². The van der Waals surface area contributed by atoms with Crippen LogP contribution in [0, 0.1) is 0 Å². The molecule has 0 aliphatic rings. The molecule has 0 aromatic carbocycles. The monoisotopic (exact) mass is 501 g/mol. The molecule has 0 aliphatic carbocycles. The van der Waals surface area contributed by atoms with Gasteiger partial charge in [-0.25, -0.2) is 4.57 Å². The molecular formula is C35H66N+. The highest BCUT2D eigenvalue weighted by Gasteiger charge is 2.02. The second kappa shape index (κ2) is 27.2. The molecule has 0 bridgehead atoms. The summed E-state index contributed by atoms with van der Waals surface area (Å²) in [6.45, 7) is 5.79. The molecule has 0 saturated carbocycles. The van der Waals surface area contributed by atoms with Crippen LogP contribution in [-0.4, -0.2) is 0 Å². The zero-order valence-electron chi connectivity index (χ0n) is 25.1. The third kappa shape index (κ3) is 22.4. The first-order valence-corrected chi connectivity index (χ1v) is 16.8. The Morgan fingerprint density at radius 3 is 1.06 bits per heavy atom. The maximum Gasteiger partial charge on any atom is 0.169 e. The van der Waals surface area contributed by atoms with Crippen molar-refractivity contribution in [1.29, 1.82) is 0 Å². The summed E-state index contributed by atoms with van der Waals surface area (Å²) in [6.07, 6.45) is 43.2. The fourth-order valence-corrected chi connectivity index (χ4v) is 5.46. The molecule has 36 heavy (non-hydrogen) atoms. The summed E-state index contributed by atoms with van der Waals surface area (Å²) in [5.41, 5.74) is 1.52. The Balaban J connectivity index is 1.83. The van der Waals surface area contributed by atoms with Crippen molar-refractivity contribution in [1.82, 2.24) is 0 Å². The predicted octanol–water partition coefficient (Wildman–Crippen LogP) is 11.7. The van der Waals surface area contributed by atoms with Crippen LogP contribution in [-0.2, 0) is 13.0 Å². The quantitative estimate of drug-likeness (QED) is 0.0795. The average molecular weight is 501 g/mol. The van der Waals surface area contributed by atoms with Crippen LogP contribution in [0.3, 0.4) is 0 Å². The van der Waals surface area contributed by atoms with E-state index in [9.17, 15) is 0 Å². The number of aryl methyl sites for hydroxylation is 2. The number of unbranched alkanes of at least 4 members (excludes halogenated alkanes) is 24. The minimum absolute atomic E-state index is 1.19. The lowest BCUT2D eigenvalue weighted by molar-refractivity contribution is -0.697. The summed E-state index contributed by atoms with van der Waals surface area (Å²) in [4.78, 5) is 0. The van der Waals surface area contributed by atoms with E-state index >= 15 is 0 Å². The predicted molar refractivity (Wildman–Crippen MR) is 162 cm³/mol. The molecular weight excluding hydrogens is 434 g/mol. The van der Waals surface area contributed by atoms with Crippen molar-refractivity contribution in [2.24, 2.45) is 0 Å². The third-order valence-corrected chi connectivity index (χ3v) is 8.05. The van der Waals surface area contributed by atoms with Gasteiger partial charge in [0.1, 0.15) is 6.54 Å². The minimum atomic E-state index is 1.19. The van der Waals surface area contributed by atoms with Crippen molar-refractivity contribution >= 4 is 0 Å². The number of hydrogen-bond donors (Lipinski definition) is 0. The normalized spacial score (nSPS) is 11.4. The lowest BCUT2D eigenvalue weighted by Gasteiger charge is -2.04. The Morgan fingerprint density at radius 1 is 0.389 bits per heavy atom. The molecule has 1 nitrogen and oxygen atoms in total. The van der Waals surface area contributed by atoms with Crippen molar-refractivity contribution in [2.45, 2.75) is 194 Å². The van der Waals surface area contributed by atoms with Crippen LogP contribution in [0.1, 0.15) is 186 Å². The molecule has 0 radical (unpaired) electrons. The first-order chi connectivity index (χ1) is 17.9. The fourth-order valence-electron chi connectivity index (χ4n) is 5.46. The molecule has 0 aliphatic heterocycles. The molecule has 1 heterocycles. The molecule has 0 unspecified atom stereocenters. The van der Waals surface area contributed by atoms with Gasteiger partial charge in [-0.05, 0) is 24.8 Å². The SMILES string of the molecule is CCCCCCCCCCCCCCCCCCC[n+]1ccc(CCCCCCCCCCC)cc1. The molecule has 0 N–H and O–H groups in total. The van der Waals surface area contributed by atoms with Crippen LogP contribution in [0.15, 0.2) is 24.5 Å². The van der Waals surface area contributed by atoms with Crippen LogP contribution >= 0.6 is 0 Å². The summed E-state index contributed by atoms with van der Waals surface area (Å²) in [7, 11) is 0. The first kappa shape index (κ1) is 33.2. The van der Waals surface area contributed by atoms with E-state index in [-0.39, 0.29) is 0 Å². The van der Waals surface area contributed by atoms with E-state index < -0.39 is 0 Å². The molecule has 210 valence electrons. The summed E-state index contributed by atoms with van der Waals surface area (Å²) in [5, 5.41) is 0. The highest BCUT2D eigenvalue weighted by Crippen LogP contribution is 2.14. The average Bonchev–Trinajstić information content (AvgIpc) is 2.90. The smallest absolute Gasteiger partial charge is 0.169 e. The summed E-state index contributed by atoms with van der Waals surface area (Å²) in [6, 6.07) is 4.72. The molecule has 0 saturated heterocycles. The zero-order chi connectivity index (χ0) is 25.8. The van der Waals surface area contributed by atoms with E-state index in [1.807, 2.05) is 0 Å². The minimum Gasteiger partial charge on any atom is -0.205 e. The van der Waals surface area contributed by atoms with Crippen molar-refractivity contribution in [2.75, 3.05) is 0 Å². The van der Waals surface area contributed by atoms with E-state index in [0.717, 1.165) is 0 Å². The Hall–Kier alpha value is -0.850. The van der Waals surface area contributed by atoms with Crippen molar-refractivity contribution in [3.05, 3.63) is 30.1 Å². The largest absolute Gasteiger partial charge is 0.205 e. The number of aromatic nitrogens is 1. The molecule has 1 heteroatoms. The van der Waals surface area contributed by atoms with Crippen LogP contribution in [0.2, 0.25) is 0 Å². The Labute approximate surface area is 228 Å². The van der Waals surface area contributed by atoms with Gasteiger partial charge in [-0.2, -0.15) is 0 Å². The number of hydrogen-bond acceptors (Lipinski definition) is 0. The summed E-state index contributed by atoms with van der Waals surface area (Å²) < 4.78 is 2.39. The highest BCUT2D eigenvalue weighted by atomic mass is 14.9. The van der Waals surface area contributed by atoms with Crippen LogP contribution in [0.25, 0.3) is 0 Å². The molecule has 0 amide bonds. The van der Waals surface area contributed by atoms with Crippen molar-refractivity contribution in [3.8, 4) is 0 Å². The van der Waals surface area contributed by atoms with Gasteiger partial charge < -0.3 is 0 Å². The van der Waals surface area contributed by atoms with Crippen molar-refractivity contribution in [3.63, 3.8) is 0 Å². The molecule has 0 fully saturated rings. The van der Waals surface area contributed by atoms with Gasteiger partial charge in [-0.15, -0.1) is 0 Å². The Morgan fingerprint density at radius 2 is 0.694 bits per heavy atom. The third-order valence-electron chi connectivity index (χ3n) is 8.05. The van der Waals surface area contributed by atoms with E-state index in [4.69, 9.17) is 0 Å². The summed E-state index contributed by atoms with van der Waals surface area (Å²) in [5.74, 6) is 0. The van der Waals surface area contributed by atoms with Gasteiger partial charge in [0.2, 0.25) is 0 Å². The van der Waals surface area contributed by atoms with Gasteiger partial charge in [0.15, 0.2) is 12.4 Å². The molecule has 1 aromatic heterocycles. The summed E-state index contributed by atoms with van der Waals surface area (Å²) >= 11 is 0. The van der Waals surface area contributed by atoms with Gasteiger partial charge in [0.25, 0.3) is 0 Å². The van der Waals surface area contributed by atoms with E-state index in [1.165, 1.54) is 185 Å². The van der Waals surface area contributed by atoms with Gasteiger partial charge in [-0.3, -0.25) is 0 Å². The highest BCUT2D eigenvalue weighted by molar-refractivity contribution is 5.07. The lowest BCUT2D eigenvalue weighted by Crippen LogP contribution is -2.32. The van der Waals surface area contributed by atoms with E-state index in [2.05, 4.69) is 42.9 Å². The molecule has 1 aromatic rings. The van der Waals surface area contributed by atoms with E-state index in [0.29, 0.717) is 0 Å².